The summed E-state index contributed by atoms with van der Waals surface area (Å²) in [6.07, 6.45) is 2.37. The SMILES string of the molecule is CC(C)(C)c1ccc(NC(=O)N2CCCN(C3CCSC3)CC2)cc1. The van der Waals surface area contributed by atoms with Crippen molar-refractivity contribution in [1.29, 1.82) is 0 Å². The standard InChI is InChI=1S/C20H31N3OS/c1-20(2,3)16-5-7-17(8-6-16)21-19(24)23-11-4-10-22(12-13-23)18-9-14-25-15-18/h5-8,18H,4,9-15H2,1-3H3,(H,21,24). The van der Waals surface area contributed by atoms with Gasteiger partial charge in [-0.05, 0) is 41.7 Å². The van der Waals surface area contributed by atoms with E-state index >= 15 is 0 Å². The van der Waals surface area contributed by atoms with E-state index in [0.717, 1.165) is 44.3 Å². The monoisotopic (exact) mass is 361 g/mol. The van der Waals surface area contributed by atoms with Crippen LogP contribution in [0.4, 0.5) is 10.5 Å². The average molecular weight is 362 g/mol. The molecule has 25 heavy (non-hydrogen) atoms. The van der Waals surface area contributed by atoms with Gasteiger partial charge >= 0.3 is 6.03 Å². The number of thioether (sulfide) groups is 1. The molecule has 0 spiro atoms. The molecule has 3 rings (SSSR count). The molecule has 0 aliphatic carbocycles. The second-order valence-corrected chi connectivity index (χ2v) is 9.30. The Hall–Kier alpha value is -1.20. The van der Waals surface area contributed by atoms with Gasteiger partial charge in [-0.15, -0.1) is 0 Å². The molecule has 1 N–H and O–H groups in total. The Kier molecular flexibility index (Phi) is 5.95. The van der Waals surface area contributed by atoms with Crippen molar-refractivity contribution in [3.63, 3.8) is 0 Å². The van der Waals surface area contributed by atoms with Gasteiger partial charge in [0.1, 0.15) is 0 Å². The van der Waals surface area contributed by atoms with Gasteiger partial charge in [-0.3, -0.25) is 4.90 Å². The number of anilines is 1. The van der Waals surface area contributed by atoms with Crippen LogP contribution in [-0.4, -0.2) is 59.6 Å². The van der Waals surface area contributed by atoms with Crippen molar-refractivity contribution >= 4 is 23.5 Å². The molecule has 1 aromatic carbocycles. The first-order valence-electron chi connectivity index (χ1n) is 9.42. The number of hydrogen-bond acceptors (Lipinski definition) is 3. The number of nitrogens with one attached hydrogen (secondary N) is 1. The molecule has 2 aliphatic rings. The lowest BCUT2D eigenvalue weighted by atomic mass is 9.87. The number of nitrogens with zero attached hydrogens (tertiary/aromatic N) is 2. The van der Waals surface area contributed by atoms with Crippen molar-refractivity contribution in [1.82, 2.24) is 9.80 Å². The second-order valence-electron chi connectivity index (χ2n) is 8.15. The van der Waals surface area contributed by atoms with Crippen LogP contribution in [0, 0.1) is 0 Å². The molecule has 1 unspecified atom stereocenters. The molecule has 0 radical (unpaired) electrons. The average Bonchev–Trinajstić information content (AvgIpc) is 2.99. The van der Waals surface area contributed by atoms with E-state index in [1.54, 1.807) is 0 Å². The first-order valence-corrected chi connectivity index (χ1v) is 10.6. The molecule has 2 saturated heterocycles. The van der Waals surface area contributed by atoms with E-state index in [9.17, 15) is 4.79 Å². The molecule has 0 bridgehead atoms. The third-order valence-corrected chi connectivity index (χ3v) is 6.39. The normalized spacial score (nSPS) is 22.7. The van der Waals surface area contributed by atoms with Gasteiger partial charge < -0.3 is 10.2 Å². The van der Waals surface area contributed by atoms with Gasteiger partial charge in [0.2, 0.25) is 0 Å². The summed E-state index contributed by atoms with van der Waals surface area (Å²) in [6.45, 7) is 10.4. The number of hydrogen-bond donors (Lipinski definition) is 1. The molecule has 2 amide bonds. The highest BCUT2D eigenvalue weighted by atomic mass is 32.2. The van der Waals surface area contributed by atoms with Crippen LogP contribution in [-0.2, 0) is 5.41 Å². The minimum absolute atomic E-state index is 0.0335. The predicted molar refractivity (Wildman–Crippen MR) is 108 cm³/mol. The summed E-state index contributed by atoms with van der Waals surface area (Å²) >= 11 is 2.06. The first-order chi connectivity index (χ1) is 11.9. The highest BCUT2D eigenvalue weighted by Gasteiger charge is 2.26. The molecule has 2 aliphatic heterocycles. The van der Waals surface area contributed by atoms with E-state index in [1.807, 2.05) is 17.0 Å². The van der Waals surface area contributed by atoms with Crippen LogP contribution < -0.4 is 5.32 Å². The molecule has 138 valence electrons. The van der Waals surface area contributed by atoms with Crippen LogP contribution in [0.5, 0.6) is 0 Å². The maximum Gasteiger partial charge on any atom is 0.321 e. The lowest BCUT2D eigenvalue weighted by molar-refractivity contribution is 0.202. The predicted octanol–water partition coefficient (Wildman–Crippen LogP) is 4.03. The highest BCUT2D eigenvalue weighted by molar-refractivity contribution is 7.99. The molecule has 2 heterocycles. The van der Waals surface area contributed by atoms with Crippen LogP contribution in [0.3, 0.4) is 0 Å². The Morgan fingerprint density at radius 3 is 2.52 bits per heavy atom. The molecular formula is C20H31N3OS. The lowest BCUT2D eigenvalue weighted by Crippen LogP contribution is -2.40. The summed E-state index contributed by atoms with van der Waals surface area (Å²) in [6, 6.07) is 9.00. The van der Waals surface area contributed by atoms with E-state index in [4.69, 9.17) is 0 Å². The Bertz CT molecular complexity index is 576. The van der Waals surface area contributed by atoms with Gasteiger partial charge in [0, 0.05) is 43.7 Å². The van der Waals surface area contributed by atoms with Gasteiger partial charge in [-0.2, -0.15) is 11.8 Å². The van der Waals surface area contributed by atoms with Gasteiger partial charge in [0.05, 0.1) is 0 Å². The van der Waals surface area contributed by atoms with E-state index < -0.39 is 0 Å². The smallest absolute Gasteiger partial charge is 0.321 e. The molecule has 2 fully saturated rings. The van der Waals surface area contributed by atoms with E-state index in [1.165, 1.54) is 23.5 Å². The third-order valence-electron chi connectivity index (χ3n) is 5.24. The molecule has 4 nitrogen and oxygen atoms in total. The van der Waals surface area contributed by atoms with Gasteiger partial charge in [0.15, 0.2) is 0 Å². The van der Waals surface area contributed by atoms with Gasteiger partial charge in [-0.25, -0.2) is 4.79 Å². The van der Waals surface area contributed by atoms with E-state index in [0.29, 0.717) is 0 Å². The fourth-order valence-corrected chi connectivity index (χ4v) is 4.83. The van der Waals surface area contributed by atoms with E-state index in [-0.39, 0.29) is 11.4 Å². The number of urea groups is 1. The zero-order chi connectivity index (χ0) is 17.9. The van der Waals surface area contributed by atoms with Crippen molar-refractivity contribution in [3.8, 4) is 0 Å². The lowest BCUT2D eigenvalue weighted by Gasteiger charge is -2.27. The molecule has 1 aromatic rings. The Labute approximate surface area is 156 Å². The maximum absolute atomic E-state index is 12.6. The number of rotatable bonds is 2. The summed E-state index contributed by atoms with van der Waals surface area (Å²) in [7, 11) is 0. The quantitative estimate of drug-likeness (QED) is 0.864. The van der Waals surface area contributed by atoms with Crippen LogP contribution in [0.25, 0.3) is 0 Å². The first kappa shape index (κ1) is 18.6. The van der Waals surface area contributed by atoms with Crippen molar-refractivity contribution in [2.75, 3.05) is 43.0 Å². The largest absolute Gasteiger partial charge is 0.323 e. The summed E-state index contributed by atoms with van der Waals surface area (Å²) in [5.74, 6) is 2.54. The van der Waals surface area contributed by atoms with Crippen molar-refractivity contribution in [2.45, 2.75) is 45.1 Å². The van der Waals surface area contributed by atoms with Gasteiger partial charge in [-0.1, -0.05) is 32.9 Å². The number of carbonyl (C=O) groups excluding carboxylic acids is 1. The Morgan fingerprint density at radius 2 is 1.88 bits per heavy atom. The van der Waals surface area contributed by atoms with Crippen molar-refractivity contribution < 1.29 is 4.79 Å². The topological polar surface area (TPSA) is 35.6 Å². The summed E-state index contributed by atoms with van der Waals surface area (Å²) in [5.41, 5.74) is 2.30. The van der Waals surface area contributed by atoms with Crippen LogP contribution in [0.1, 0.15) is 39.2 Å². The fourth-order valence-electron chi connectivity index (χ4n) is 3.57. The third kappa shape index (κ3) is 4.91. The Balaban J connectivity index is 1.54. The number of amides is 2. The van der Waals surface area contributed by atoms with Crippen LogP contribution >= 0.6 is 11.8 Å². The fraction of sp³-hybridized carbons (Fsp3) is 0.650. The maximum atomic E-state index is 12.6. The van der Waals surface area contributed by atoms with Crippen LogP contribution in [0.15, 0.2) is 24.3 Å². The van der Waals surface area contributed by atoms with Crippen LogP contribution in [0.2, 0.25) is 0 Å². The molecule has 1 atom stereocenters. The minimum Gasteiger partial charge on any atom is -0.323 e. The molecule has 0 saturated carbocycles. The van der Waals surface area contributed by atoms with Crippen molar-refractivity contribution in [3.05, 3.63) is 29.8 Å². The zero-order valence-electron chi connectivity index (χ0n) is 15.8. The minimum atomic E-state index is 0.0335. The van der Waals surface area contributed by atoms with Gasteiger partial charge in [0.25, 0.3) is 0 Å². The highest BCUT2D eigenvalue weighted by Crippen LogP contribution is 2.25. The molecular weight excluding hydrogens is 330 g/mol. The van der Waals surface area contributed by atoms with Crippen molar-refractivity contribution in [2.24, 2.45) is 0 Å². The second kappa shape index (κ2) is 8.00. The molecule has 5 heteroatoms. The summed E-state index contributed by atoms with van der Waals surface area (Å²) in [4.78, 5) is 17.2. The summed E-state index contributed by atoms with van der Waals surface area (Å²) in [5, 5.41) is 3.07. The number of benzene rings is 1. The van der Waals surface area contributed by atoms with E-state index in [2.05, 4.69) is 54.9 Å². The summed E-state index contributed by atoms with van der Waals surface area (Å²) < 4.78 is 0. The zero-order valence-corrected chi connectivity index (χ0v) is 16.6. The Morgan fingerprint density at radius 1 is 1.12 bits per heavy atom. The molecule has 0 aromatic heterocycles. The number of carbonyl (C=O) groups is 1.